The Morgan fingerprint density at radius 2 is 1.54 bits per heavy atom. The number of rotatable bonds is 4. The molecule has 0 bridgehead atoms. The fourth-order valence-corrected chi connectivity index (χ4v) is 2.01. The van der Waals surface area contributed by atoms with E-state index in [9.17, 15) is 14.4 Å². The van der Waals surface area contributed by atoms with E-state index in [-0.39, 0.29) is 29.8 Å². The van der Waals surface area contributed by atoms with Gasteiger partial charge >= 0.3 is 12.2 Å². The van der Waals surface area contributed by atoms with Gasteiger partial charge in [-0.3, -0.25) is 4.79 Å². The second-order valence-electron chi connectivity index (χ2n) is 7.95. The Hall–Kier alpha value is -2.84. The third-order valence-corrected chi connectivity index (χ3v) is 2.84. The molecule has 9 heteroatoms. The van der Waals surface area contributed by atoms with Gasteiger partial charge in [0.1, 0.15) is 22.7 Å². The summed E-state index contributed by atoms with van der Waals surface area (Å²) in [6.07, 6.45) is -0.573. The number of aromatic nitrogens is 1. The van der Waals surface area contributed by atoms with Crippen molar-refractivity contribution in [2.24, 2.45) is 0 Å². The van der Waals surface area contributed by atoms with Crippen molar-refractivity contribution in [3.05, 3.63) is 12.3 Å². The zero-order valence-corrected chi connectivity index (χ0v) is 17.7. The number of anilines is 2. The van der Waals surface area contributed by atoms with Crippen molar-refractivity contribution in [1.29, 1.82) is 0 Å². The summed E-state index contributed by atoms with van der Waals surface area (Å²) in [5.74, 6) is -0.0555. The van der Waals surface area contributed by atoms with Gasteiger partial charge in [-0.05, 0) is 48.5 Å². The Morgan fingerprint density at radius 1 is 1.04 bits per heavy atom. The molecule has 0 saturated heterocycles. The van der Waals surface area contributed by atoms with E-state index in [1.54, 1.807) is 48.5 Å². The molecule has 9 nitrogen and oxygen atoms in total. The summed E-state index contributed by atoms with van der Waals surface area (Å²) in [6, 6.07) is 1.35. The highest BCUT2D eigenvalue weighted by molar-refractivity contribution is 6.11. The van der Waals surface area contributed by atoms with Crippen molar-refractivity contribution < 1.29 is 28.6 Å². The first-order valence-electron chi connectivity index (χ1n) is 8.90. The SMILES string of the molecule is CCOc1cnc(NC(C)=O)cc1N(C(=O)OC(C)(C)C)C(=O)OC(C)(C)C. The molecule has 0 atom stereocenters. The van der Waals surface area contributed by atoms with Gasteiger partial charge in [0.2, 0.25) is 5.91 Å². The first-order chi connectivity index (χ1) is 12.7. The van der Waals surface area contributed by atoms with Crippen LogP contribution in [0.5, 0.6) is 5.75 Å². The van der Waals surface area contributed by atoms with Gasteiger partial charge in [-0.1, -0.05) is 0 Å². The van der Waals surface area contributed by atoms with E-state index in [0.717, 1.165) is 4.90 Å². The lowest BCUT2D eigenvalue weighted by Crippen LogP contribution is -2.44. The molecule has 1 heterocycles. The van der Waals surface area contributed by atoms with Crippen LogP contribution in [0.2, 0.25) is 0 Å². The van der Waals surface area contributed by atoms with Crippen LogP contribution in [0.1, 0.15) is 55.4 Å². The molecule has 0 spiro atoms. The Bertz CT molecular complexity index is 706. The molecule has 156 valence electrons. The number of carbonyl (C=O) groups excluding carboxylic acids is 3. The zero-order valence-electron chi connectivity index (χ0n) is 17.7. The Morgan fingerprint density at radius 3 is 1.93 bits per heavy atom. The third kappa shape index (κ3) is 7.42. The molecule has 1 aromatic heterocycles. The topological polar surface area (TPSA) is 107 Å². The summed E-state index contributed by atoms with van der Waals surface area (Å²) in [6.45, 7) is 13.4. The Kier molecular flexibility index (Phi) is 7.37. The summed E-state index contributed by atoms with van der Waals surface area (Å²) < 4.78 is 16.2. The number of nitrogens with zero attached hydrogens (tertiary/aromatic N) is 2. The average Bonchev–Trinajstić information content (AvgIpc) is 2.45. The van der Waals surface area contributed by atoms with Gasteiger partial charge in [0.25, 0.3) is 0 Å². The molecule has 0 fully saturated rings. The van der Waals surface area contributed by atoms with E-state index in [1.807, 2.05) is 0 Å². The summed E-state index contributed by atoms with van der Waals surface area (Å²) in [5, 5.41) is 2.51. The van der Waals surface area contributed by atoms with E-state index < -0.39 is 23.4 Å². The molecular formula is C19H29N3O6. The van der Waals surface area contributed by atoms with Crippen molar-refractivity contribution in [1.82, 2.24) is 4.98 Å². The van der Waals surface area contributed by atoms with Crippen LogP contribution >= 0.6 is 0 Å². The summed E-state index contributed by atoms with van der Waals surface area (Å²) in [4.78, 5) is 41.8. The van der Waals surface area contributed by atoms with E-state index in [1.165, 1.54) is 19.2 Å². The van der Waals surface area contributed by atoms with E-state index in [4.69, 9.17) is 14.2 Å². The van der Waals surface area contributed by atoms with Gasteiger partial charge in [-0.15, -0.1) is 0 Å². The zero-order chi connectivity index (χ0) is 21.7. The van der Waals surface area contributed by atoms with Crippen LogP contribution in [0.4, 0.5) is 21.1 Å². The van der Waals surface area contributed by atoms with E-state index >= 15 is 0 Å². The molecule has 1 rings (SSSR count). The maximum Gasteiger partial charge on any atom is 0.424 e. The van der Waals surface area contributed by atoms with Gasteiger partial charge < -0.3 is 19.5 Å². The second kappa shape index (κ2) is 8.90. The molecule has 0 radical (unpaired) electrons. The molecule has 0 aromatic carbocycles. The highest BCUT2D eigenvalue weighted by Gasteiger charge is 2.35. The minimum atomic E-state index is -0.942. The normalized spacial score (nSPS) is 11.4. The average molecular weight is 395 g/mol. The number of amides is 3. The van der Waals surface area contributed by atoms with Crippen LogP contribution in [0.3, 0.4) is 0 Å². The van der Waals surface area contributed by atoms with Crippen LogP contribution in [0.15, 0.2) is 12.3 Å². The highest BCUT2D eigenvalue weighted by atomic mass is 16.6. The molecule has 0 unspecified atom stereocenters. The lowest BCUT2D eigenvalue weighted by molar-refractivity contribution is -0.114. The number of carbonyl (C=O) groups is 3. The van der Waals surface area contributed by atoms with Crippen molar-refractivity contribution in [2.75, 3.05) is 16.8 Å². The molecule has 1 aromatic rings. The monoisotopic (exact) mass is 395 g/mol. The number of hydrogen-bond acceptors (Lipinski definition) is 7. The van der Waals surface area contributed by atoms with Crippen molar-refractivity contribution >= 4 is 29.6 Å². The minimum Gasteiger partial charge on any atom is -0.490 e. The summed E-state index contributed by atoms with van der Waals surface area (Å²) in [5.41, 5.74) is -1.66. The number of ether oxygens (including phenoxy) is 3. The lowest BCUT2D eigenvalue weighted by atomic mass is 10.2. The smallest absolute Gasteiger partial charge is 0.424 e. The molecule has 28 heavy (non-hydrogen) atoms. The largest absolute Gasteiger partial charge is 0.490 e. The molecule has 0 aliphatic heterocycles. The molecular weight excluding hydrogens is 366 g/mol. The summed E-state index contributed by atoms with van der Waals surface area (Å²) >= 11 is 0. The first kappa shape index (κ1) is 23.2. The second-order valence-corrected chi connectivity index (χ2v) is 7.95. The minimum absolute atomic E-state index is 0.0455. The summed E-state index contributed by atoms with van der Waals surface area (Å²) in [7, 11) is 0. The van der Waals surface area contributed by atoms with Crippen LogP contribution < -0.4 is 15.0 Å². The van der Waals surface area contributed by atoms with Crippen molar-refractivity contribution in [3.63, 3.8) is 0 Å². The molecule has 0 aliphatic carbocycles. The van der Waals surface area contributed by atoms with Crippen LogP contribution in [-0.2, 0) is 14.3 Å². The standard InChI is InChI=1S/C19H29N3O6/c1-9-26-14-11-20-15(21-12(2)23)10-13(14)22(16(24)27-18(3,4)5)17(25)28-19(6,7)8/h10-11H,9H2,1-8H3,(H,20,21,23). The maximum absolute atomic E-state index is 12.8. The maximum atomic E-state index is 12.8. The fraction of sp³-hybridized carbons (Fsp3) is 0.579. The van der Waals surface area contributed by atoms with Gasteiger partial charge in [0.05, 0.1) is 12.8 Å². The lowest BCUT2D eigenvalue weighted by Gasteiger charge is -2.29. The Labute approximate surface area is 165 Å². The van der Waals surface area contributed by atoms with Crippen molar-refractivity contribution in [2.45, 2.75) is 66.6 Å². The number of nitrogens with one attached hydrogen (secondary N) is 1. The highest BCUT2D eigenvalue weighted by Crippen LogP contribution is 2.32. The number of hydrogen-bond donors (Lipinski definition) is 1. The van der Waals surface area contributed by atoms with Crippen LogP contribution in [-0.4, -0.2) is 40.9 Å². The quantitative estimate of drug-likeness (QED) is 0.817. The van der Waals surface area contributed by atoms with Crippen molar-refractivity contribution in [3.8, 4) is 5.75 Å². The van der Waals surface area contributed by atoms with Crippen LogP contribution in [0, 0.1) is 0 Å². The molecule has 0 aliphatic rings. The van der Waals surface area contributed by atoms with Gasteiger partial charge in [0.15, 0.2) is 5.75 Å². The van der Waals surface area contributed by atoms with E-state index in [2.05, 4.69) is 10.3 Å². The number of pyridine rings is 1. The predicted molar refractivity (Wildman–Crippen MR) is 105 cm³/mol. The van der Waals surface area contributed by atoms with E-state index in [0.29, 0.717) is 0 Å². The van der Waals surface area contributed by atoms with Gasteiger partial charge in [0, 0.05) is 13.0 Å². The Balaban J connectivity index is 3.50. The third-order valence-electron chi connectivity index (χ3n) is 2.84. The fourth-order valence-electron chi connectivity index (χ4n) is 2.01. The van der Waals surface area contributed by atoms with Gasteiger partial charge in [-0.25, -0.2) is 14.6 Å². The molecule has 1 N–H and O–H groups in total. The van der Waals surface area contributed by atoms with Crippen LogP contribution in [0.25, 0.3) is 0 Å². The first-order valence-corrected chi connectivity index (χ1v) is 8.90. The molecule has 3 amide bonds. The predicted octanol–water partition coefficient (Wildman–Crippen LogP) is 4.12. The molecule has 0 saturated carbocycles. The van der Waals surface area contributed by atoms with Gasteiger partial charge in [-0.2, -0.15) is 4.90 Å². The number of imide groups is 1.